The third kappa shape index (κ3) is 2.91. The zero-order valence-electron chi connectivity index (χ0n) is 12.1. The van der Waals surface area contributed by atoms with Gasteiger partial charge in [-0.1, -0.05) is 24.3 Å². The lowest BCUT2D eigenvalue weighted by Gasteiger charge is -2.21. The summed E-state index contributed by atoms with van der Waals surface area (Å²) in [6.45, 7) is 1.36. The molecule has 1 aliphatic rings. The molecule has 1 heterocycles. The summed E-state index contributed by atoms with van der Waals surface area (Å²) >= 11 is 3.59. The van der Waals surface area contributed by atoms with Gasteiger partial charge in [0.05, 0.1) is 35.6 Å². The molecule has 0 saturated carbocycles. The van der Waals surface area contributed by atoms with Crippen molar-refractivity contribution < 1.29 is 4.74 Å². The molecule has 0 spiro atoms. The first-order valence-corrected chi connectivity index (χ1v) is 8.02. The highest BCUT2D eigenvalue weighted by atomic mass is 79.9. The van der Waals surface area contributed by atoms with E-state index in [1.165, 1.54) is 11.1 Å². The standard InChI is InChI=1S/C16H20BrN3O/c1-21-7-6-20-16(14(17)10-19-20)15(18)13-8-11-4-2-3-5-12(11)9-13/h2-5,10,13,15H,6-9,18H2,1H3. The van der Waals surface area contributed by atoms with E-state index < -0.39 is 0 Å². The van der Waals surface area contributed by atoms with E-state index in [4.69, 9.17) is 10.5 Å². The first-order chi connectivity index (χ1) is 10.2. The number of fused-ring (bicyclic) bond motifs is 1. The Morgan fingerprint density at radius 1 is 1.38 bits per heavy atom. The molecule has 1 atom stereocenters. The van der Waals surface area contributed by atoms with E-state index >= 15 is 0 Å². The second-order valence-corrected chi connectivity index (χ2v) is 6.41. The molecule has 0 radical (unpaired) electrons. The third-order valence-corrected chi connectivity index (χ3v) is 4.86. The quantitative estimate of drug-likeness (QED) is 0.902. The Bertz CT molecular complexity index is 601. The highest BCUT2D eigenvalue weighted by molar-refractivity contribution is 9.10. The maximum atomic E-state index is 6.57. The van der Waals surface area contributed by atoms with Gasteiger partial charge in [-0.3, -0.25) is 4.68 Å². The molecule has 1 aliphatic carbocycles. The van der Waals surface area contributed by atoms with Crippen LogP contribution in [0.3, 0.4) is 0 Å². The molecule has 21 heavy (non-hydrogen) atoms. The molecular formula is C16H20BrN3O. The smallest absolute Gasteiger partial charge is 0.0697 e. The first-order valence-electron chi connectivity index (χ1n) is 7.23. The number of methoxy groups -OCH3 is 1. The average Bonchev–Trinajstić information content (AvgIpc) is 3.08. The summed E-state index contributed by atoms with van der Waals surface area (Å²) in [5.74, 6) is 0.427. The minimum absolute atomic E-state index is 0.0221. The van der Waals surface area contributed by atoms with Gasteiger partial charge in [-0.05, 0) is 45.8 Å². The summed E-state index contributed by atoms with van der Waals surface area (Å²) < 4.78 is 8.10. The Balaban J connectivity index is 1.80. The van der Waals surface area contributed by atoms with Crippen LogP contribution in [-0.2, 0) is 24.1 Å². The number of hydrogen-bond donors (Lipinski definition) is 1. The van der Waals surface area contributed by atoms with E-state index in [9.17, 15) is 0 Å². The summed E-state index contributed by atoms with van der Waals surface area (Å²) in [6.07, 6.45) is 3.91. The highest BCUT2D eigenvalue weighted by Gasteiger charge is 2.30. The second-order valence-electron chi connectivity index (χ2n) is 5.56. The van der Waals surface area contributed by atoms with Gasteiger partial charge in [-0.2, -0.15) is 5.10 Å². The van der Waals surface area contributed by atoms with E-state index in [0.717, 1.165) is 29.6 Å². The average molecular weight is 350 g/mol. The van der Waals surface area contributed by atoms with Gasteiger partial charge in [-0.25, -0.2) is 0 Å². The minimum atomic E-state index is -0.0221. The van der Waals surface area contributed by atoms with Gasteiger partial charge in [0.25, 0.3) is 0 Å². The Labute approximate surface area is 133 Å². The Kier molecular flexibility index (Phi) is 4.42. The number of benzene rings is 1. The van der Waals surface area contributed by atoms with Gasteiger partial charge < -0.3 is 10.5 Å². The van der Waals surface area contributed by atoms with E-state index in [2.05, 4.69) is 45.3 Å². The van der Waals surface area contributed by atoms with Crippen molar-refractivity contribution in [3.8, 4) is 0 Å². The van der Waals surface area contributed by atoms with Crippen molar-refractivity contribution in [1.29, 1.82) is 0 Å². The zero-order chi connectivity index (χ0) is 14.8. The van der Waals surface area contributed by atoms with E-state index in [1.54, 1.807) is 7.11 Å². The van der Waals surface area contributed by atoms with E-state index in [0.29, 0.717) is 12.5 Å². The van der Waals surface area contributed by atoms with Crippen LogP contribution in [0.15, 0.2) is 34.9 Å². The summed E-state index contributed by atoms with van der Waals surface area (Å²) in [7, 11) is 1.70. The van der Waals surface area contributed by atoms with Crippen LogP contribution >= 0.6 is 15.9 Å². The SMILES string of the molecule is COCCn1ncc(Br)c1C(N)C1Cc2ccccc2C1. The number of halogens is 1. The molecular weight excluding hydrogens is 330 g/mol. The summed E-state index contributed by atoms with van der Waals surface area (Å²) in [4.78, 5) is 0. The van der Waals surface area contributed by atoms with Crippen LogP contribution in [-0.4, -0.2) is 23.5 Å². The van der Waals surface area contributed by atoms with Crippen LogP contribution in [0, 0.1) is 5.92 Å². The predicted octanol–water partition coefficient (Wildman–Crippen LogP) is 2.71. The lowest BCUT2D eigenvalue weighted by Crippen LogP contribution is -2.26. The summed E-state index contributed by atoms with van der Waals surface area (Å²) in [5.41, 5.74) is 10.5. The second kappa shape index (κ2) is 6.30. The molecule has 1 aromatic heterocycles. The minimum Gasteiger partial charge on any atom is -0.383 e. The van der Waals surface area contributed by atoms with Gasteiger partial charge >= 0.3 is 0 Å². The maximum absolute atomic E-state index is 6.57. The number of rotatable bonds is 5. The van der Waals surface area contributed by atoms with Crippen LogP contribution in [0.1, 0.15) is 22.9 Å². The molecule has 2 aromatic rings. The van der Waals surface area contributed by atoms with Crippen LogP contribution in [0.2, 0.25) is 0 Å². The molecule has 0 fully saturated rings. The van der Waals surface area contributed by atoms with Crippen molar-refractivity contribution in [2.75, 3.05) is 13.7 Å². The van der Waals surface area contributed by atoms with Gasteiger partial charge in [0.15, 0.2) is 0 Å². The lowest BCUT2D eigenvalue weighted by atomic mass is 9.94. The number of ether oxygens (including phenoxy) is 1. The van der Waals surface area contributed by atoms with Crippen molar-refractivity contribution in [2.24, 2.45) is 11.7 Å². The predicted molar refractivity (Wildman–Crippen MR) is 86.1 cm³/mol. The normalized spacial score (nSPS) is 16.1. The lowest BCUT2D eigenvalue weighted by molar-refractivity contribution is 0.181. The monoisotopic (exact) mass is 349 g/mol. The fourth-order valence-electron chi connectivity index (χ4n) is 3.13. The number of nitrogens with zero attached hydrogens (tertiary/aromatic N) is 2. The van der Waals surface area contributed by atoms with Crippen molar-refractivity contribution in [3.63, 3.8) is 0 Å². The van der Waals surface area contributed by atoms with Gasteiger partial charge in [0.2, 0.25) is 0 Å². The van der Waals surface area contributed by atoms with Crippen molar-refractivity contribution in [3.05, 3.63) is 51.8 Å². The Morgan fingerprint density at radius 3 is 2.67 bits per heavy atom. The molecule has 2 N–H and O–H groups in total. The van der Waals surface area contributed by atoms with Crippen LogP contribution < -0.4 is 5.73 Å². The van der Waals surface area contributed by atoms with Crippen molar-refractivity contribution in [1.82, 2.24) is 9.78 Å². The van der Waals surface area contributed by atoms with Crippen molar-refractivity contribution in [2.45, 2.75) is 25.4 Å². The highest BCUT2D eigenvalue weighted by Crippen LogP contribution is 2.36. The molecule has 3 rings (SSSR count). The Morgan fingerprint density at radius 2 is 2.05 bits per heavy atom. The largest absolute Gasteiger partial charge is 0.383 e. The van der Waals surface area contributed by atoms with Gasteiger partial charge in [0, 0.05) is 7.11 Å². The molecule has 0 amide bonds. The molecule has 0 bridgehead atoms. The van der Waals surface area contributed by atoms with Gasteiger partial charge in [0.1, 0.15) is 0 Å². The number of aromatic nitrogens is 2. The summed E-state index contributed by atoms with van der Waals surface area (Å²) in [6, 6.07) is 8.60. The zero-order valence-corrected chi connectivity index (χ0v) is 13.7. The molecule has 1 unspecified atom stereocenters. The number of hydrogen-bond acceptors (Lipinski definition) is 3. The fourth-order valence-corrected chi connectivity index (χ4v) is 3.69. The molecule has 5 heteroatoms. The molecule has 0 aliphatic heterocycles. The maximum Gasteiger partial charge on any atom is 0.0697 e. The first kappa shape index (κ1) is 14.8. The van der Waals surface area contributed by atoms with Crippen LogP contribution in [0.25, 0.3) is 0 Å². The molecule has 0 saturated heterocycles. The molecule has 112 valence electrons. The van der Waals surface area contributed by atoms with Gasteiger partial charge in [-0.15, -0.1) is 0 Å². The topological polar surface area (TPSA) is 53.1 Å². The number of nitrogens with two attached hydrogens (primary N) is 1. The van der Waals surface area contributed by atoms with E-state index in [1.807, 2.05) is 10.9 Å². The molecule has 1 aromatic carbocycles. The van der Waals surface area contributed by atoms with E-state index in [-0.39, 0.29) is 6.04 Å². The fraction of sp³-hybridized carbons (Fsp3) is 0.438. The van der Waals surface area contributed by atoms with Crippen LogP contribution in [0.4, 0.5) is 0 Å². The third-order valence-electron chi connectivity index (χ3n) is 4.25. The van der Waals surface area contributed by atoms with Crippen molar-refractivity contribution >= 4 is 15.9 Å². The van der Waals surface area contributed by atoms with Crippen LogP contribution in [0.5, 0.6) is 0 Å². The molecule has 4 nitrogen and oxygen atoms in total. The Hall–Kier alpha value is -1.17. The summed E-state index contributed by atoms with van der Waals surface area (Å²) in [5, 5.41) is 4.40.